The number of nitrogens with one attached hydrogen (secondary N) is 1. The summed E-state index contributed by atoms with van der Waals surface area (Å²) in [5, 5.41) is 11.7. The summed E-state index contributed by atoms with van der Waals surface area (Å²) in [6.45, 7) is 12.6. The molecule has 8 heteroatoms. The van der Waals surface area contributed by atoms with Crippen LogP contribution in [-0.4, -0.2) is 86.1 Å². The summed E-state index contributed by atoms with van der Waals surface area (Å²) >= 11 is 0. The minimum atomic E-state index is -0.477. The summed E-state index contributed by atoms with van der Waals surface area (Å²) < 4.78 is 17.2. The first-order valence-corrected chi connectivity index (χ1v) is 10.9. The van der Waals surface area contributed by atoms with Gasteiger partial charge in [0.15, 0.2) is 0 Å². The van der Waals surface area contributed by atoms with Crippen LogP contribution in [0, 0.1) is 11.3 Å². The number of carbonyl (C=O) groups is 1. The highest BCUT2D eigenvalue weighted by atomic mass is 16.6. The Morgan fingerprint density at radius 1 is 1.13 bits per heavy atom. The number of benzene rings is 1. The van der Waals surface area contributed by atoms with Gasteiger partial charge in [0.25, 0.3) is 0 Å². The minimum Gasteiger partial charge on any atom is -0.444 e. The molecule has 2 aliphatic rings. The lowest BCUT2D eigenvalue weighted by Crippen LogP contribution is -2.60. The molecule has 31 heavy (non-hydrogen) atoms. The Morgan fingerprint density at radius 3 is 2.32 bits per heavy atom. The zero-order chi connectivity index (χ0) is 22.3. The van der Waals surface area contributed by atoms with Gasteiger partial charge >= 0.3 is 6.09 Å². The van der Waals surface area contributed by atoms with Gasteiger partial charge in [-0.2, -0.15) is 5.26 Å². The Balaban J connectivity index is 1.31. The summed E-state index contributed by atoms with van der Waals surface area (Å²) in [5.74, 6) is 0. The molecule has 2 heterocycles. The molecule has 1 amide bonds. The molecule has 2 saturated heterocycles. The average Bonchev–Trinajstić information content (AvgIpc) is 2.70. The van der Waals surface area contributed by atoms with Crippen LogP contribution in [0.4, 0.5) is 4.79 Å². The maximum atomic E-state index is 11.8. The lowest BCUT2D eigenvalue weighted by atomic mass is 10.1. The number of nitrogens with zero attached hydrogens (tertiary/aromatic N) is 3. The van der Waals surface area contributed by atoms with Gasteiger partial charge in [0.1, 0.15) is 5.60 Å². The van der Waals surface area contributed by atoms with Crippen LogP contribution >= 0.6 is 0 Å². The van der Waals surface area contributed by atoms with Crippen LogP contribution in [0.25, 0.3) is 0 Å². The molecule has 8 nitrogen and oxygen atoms in total. The van der Waals surface area contributed by atoms with E-state index in [4.69, 9.17) is 19.5 Å². The van der Waals surface area contributed by atoms with Crippen LogP contribution in [0.2, 0.25) is 0 Å². The minimum absolute atomic E-state index is 0.188. The molecule has 170 valence electrons. The molecule has 0 radical (unpaired) electrons. The Labute approximate surface area is 185 Å². The van der Waals surface area contributed by atoms with Crippen molar-refractivity contribution in [3.63, 3.8) is 0 Å². The van der Waals surface area contributed by atoms with E-state index in [9.17, 15) is 4.79 Å². The van der Waals surface area contributed by atoms with E-state index in [1.807, 2.05) is 45.0 Å². The molecule has 0 aromatic heterocycles. The van der Waals surface area contributed by atoms with Crippen molar-refractivity contribution in [2.24, 2.45) is 0 Å². The second-order valence-electron chi connectivity index (χ2n) is 9.19. The van der Waals surface area contributed by atoms with Gasteiger partial charge in [-0.25, -0.2) is 4.79 Å². The number of hydrogen-bond acceptors (Lipinski definition) is 7. The number of fused-ring (bicyclic) bond motifs is 2. The van der Waals surface area contributed by atoms with Gasteiger partial charge in [0, 0.05) is 45.8 Å². The van der Waals surface area contributed by atoms with E-state index < -0.39 is 5.60 Å². The summed E-state index contributed by atoms with van der Waals surface area (Å²) in [5.41, 5.74) is 1.27. The van der Waals surface area contributed by atoms with Gasteiger partial charge in [-0.15, -0.1) is 0 Å². The van der Waals surface area contributed by atoms with Crippen LogP contribution in [0.1, 0.15) is 31.9 Å². The fraction of sp³-hybridized carbons (Fsp3) is 0.652. The van der Waals surface area contributed by atoms with E-state index in [2.05, 4.69) is 21.2 Å². The second-order valence-corrected chi connectivity index (χ2v) is 9.19. The van der Waals surface area contributed by atoms with Crippen molar-refractivity contribution < 1.29 is 19.0 Å². The zero-order valence-corrected chi connectivity index (χ0v) is 18.8. The number of alkyl carbamates (subject to hydrolysis) is 1. The molecule has 2 unspecified atom stereocenters. The predicted molar refractivity (Wildman–Crippen MR) is 117 cm³/mol. The lowest BCUT2D eigenvalue weighted by Gasteiger charge is -2.45. The second kappa shape index (κ2) is 10.9. The molecule has 0 saturated carbocycles. The van der Waals surface area contributed by atoms with E-state index >= 15 is 0 Å². The third-order valence-corrected chi connectivity index (χ3v) is 5.23. The van der Waals surface area contributed by atoms with Crippen molar-refractivity contribution in [2.75, 3.05) is 52.4 Å². The van der Waals surface area contributed by atoms with Crippen molar-refractivity contribution in [3.05, 3.63) is 35.4 Å². The molecular weight excluding hydrogens is 396 g/mol. The predicted octanol–water partition coefficient (Wildman–Crippen LogP) is 1.98. The van der Waals surface area contributed by atoms with E-state index in [0.717, 1.165) is 44.8 Å². The first-order valence-electron chi connectivity index (χ1n) is 10.9. The SMILES string of the molecule is CC(C)(C)OC(=O)NCCN1CC2CN(CCOCc3ccc(C#N)cc3)CC(C1)O2. The van der Waals surface area contributed by atoms with Crippen molar-refractivity contribution in [3.8, 4) is 6.07 Å². The highest BCUT2D eigenvalue weighted by Gasteiger charge is 2.34. The molecule has 2 fully saturated rings. The molecular formula is C23H34N4O4. The Morgan fingerprint density at radius 2 is 1.74 bits per heavy atom. The van der Waals surface area contributed by atoms with Crippen LogP contribution < -0.4 is 5.32 Å². The highest BCUT2D eigenvalue weighted by molar-refractivity contribution is 5.67. The van der Waals surface area contributed by atoms with Crippen LogP contribution in [0.15, 0.2) is 24.3 Å². The quantitative estimate of drug-likeness (QED) is 0.631. The summed E-state index contributed by atoms with van der Waals surface area (Å²) in [6, 6.07) is 9.63. The standard InChI is InChI=1S/C23H34N4O4/c1-23(2,3)31-22(28)25-8-9-26-13-20-15-27(16-21(14-26)30-20)10-11-29-17-19-6-4-18(12-24)5-7-19/h4-7,20-21H,8-11,13-17H2,1-3H3,(H,25,28). The number of nitriles is 1. The van der Waals surface area contributed by atoms with Gasteiger partial charge in [0.05, 0.1) is 37.1 Å². The van der Waals surface area contributed by atoms with E-state index in [-0.39, 0.29) is 18.3 Å². The molecule has 2 atom stereocenters. The maximum Gasteiger partial charge on any atom is 0.407 e. The monoisotopic (exact) mass is 430 g/mol. The third-order valence-electron chi connectivity index (χ3n) is 5.23. The molecule has 2 bridgehead atoms. The molecule has 0 spiro atoms. The molecule has 1 N–H and O–H groups in total. The first-order chi connectivity index (χ1) is 14.8. The third kappa shape index (κ3) is 8.11. The van der Waals surface area contributed by atoms with Crippen LogP contribution in [0.3, 0.4) is 0 Å². The Hall–Kier alpha value is -2.18. The zero-order valence-electron chi connectivity index (χ0n) is 18.8. The van der Waals surface area contributed by atoms with Crippen molar-refractivity contribution in [2.45, 2.75) is 45.2 Å². The number of rotatable bonds is 8. The van der Waals surface area contributed by atoms with Gasteiger partial charge in [-0.3, -0.25) is 9.80 Å². The van der Waals surface area contributed by atoms with Gasteiger partial charge < -0.3 is 19.5 Å². The van der Waals surface area contributed by atoms with E-state index in [1.54, 1.807) is 0 Å². The molecule has 0 aliphatic carbocycles. The molecule has 3 rings (SSSR count). The molecule has 1 aromatic carbocycles. The number of carbonyl (C=O) groups excluding carboxylic acids is 1. The van der Waals surface area contributed by atoms with Crippen molar-refractivity contribution >= 4 is 6.09 Å². The van der Waals surface area contributed by atoms with Crippen LogP contribution in [0.5, 0.6) is 0 Å². The maximum absolute atomic E-state index is 11.8. The van der Waals surface area contributed by atoms with E-state index in [0.29, 0.717) is 25.3 Å². The van der Waals surface area contributed by atoms with Gasteiger partial charge in [0.2, 0.25) is 0 Å². The topological polar surface area (TPSA) is 87.1 Å². The number of hydrogen-bond donors (Lipinski definition) is 1. The number of ether oxygens (including phenoxy) is 3. The van der Waals surface area contributed by atoms with Crippen LogP contribution in [-0.2, 0) is 20.8 Å². The number of amides is 1. The van der Waals surface area contributed by atoms with Gasteiger partial charge in [-0.05, 0) is 38.5 Å². The highest BCUT2D eigenvalue weighted by Crippen LogP contribution is 2.19. The average molecular weight is 431 g/mol. The summed E-state index contributed by atoms with van der Waals surface area (Å²) in [4.78, 5) is 16.5. The smallest absolute Gasteiger partial charge is 0.407 e. The van der Waals surface area contributed by atoms with Gasteiger partial charge in [-0.1, -0.05) is 12.1 Å². The summed E-state index contributed by atoms with van der Waals surface area (Å²) in [7, 11) is 0. The Bertz CT molecular complexity index is 742. The molecule has 2 aliphatic heterocycles. The summed E-state index contributed by atoms with van der Waals surface area (Å²) in [6.07, 6.45) is 0.00763. The lowest BCUT2D eigenvalue weighted by molar-refractivity contribution is -0.140. The van der Waals surface area contributed by atoms with Crippen molar-refractivity contribution in [1.82, 2.24) is 15.1 Å². The fourth-order valence-electron chi connectivity index (χ4n) is 3.92. The number of morpholine rings is 2. The first kappa shape index (κ1) is 23.5. The normalized spacial score (nSPS) is 22.0. The Kier molecular flexibility index (Phi) is 8.27. The van der Waals surface area contributed by atoms with Crippen molar-refractivity contribution in [1.29, 1.82) is 5.26 Å². The van der Waals surface area contributed by atoms with E-state index in [1.165, 1.54) is 0 Å². The molecule has 1 aromatic rings. The largest absolute Gasteiger partial charge is 0.444 e. The fourth-order valence-corrected chi connectivity index (χ4v) is 3.92.